The van der Waals surface area contributed by atoms with Crippen LogP contribution >= 0.6 is 0 Å². The fourth-order valence-electron chi connectivity index (χ4n) is 1.54. The second-order valence-electron chi connectivity index (χ2n) is 4.35. The fraction of sp³-hybridized carbons (Fsp3) is 0.385. The van der Waals surface area contributed by atoms with E-state index in [9.17, 15) is 9.59 Å². The Morgan fingerprint density at radius 3 is 2.50 bits per heavy atom. The van der Waals surface area contributed by atoms with Crippen molar-refractivity contribution >= 4 is 17.7 Å². The molecule has 2 rings (SSSR count). The number of amides is 2. The lowest BCUT2D eigenvalue weighted by Gasteiger charge is -2.07. The van der Waals surface area contributed by atoms with Gasteiger partial charge in [0.2, 0.25) is 0 Å². The largest absolute Gasteiger partial charge is 0.465 e. The molecule has 0 heterocycles. The third-order valence-electron chi connectivity index (χ3n) is 2.81. The second kappa shape index (κ2) is 5.53. The summed E-state index contributed by atoms with van der Waals surface area (Å²) in [6.45, 7) is 0.728. The quantitative estimate of drug-likeness (QED) is 0.801. The average molecular weight is 248 g/mol. The third-order valence-corrected chi connectivity index (χ3v) is 2.81. The lowest BCUT2D eigenvalue weighted by atomic mass is 10.2. The number of hydrogen-bond donors (Lipinski definition) is 2. The Balaban J connectivity index is 1.84. The summed E-state index contributed by atoms with van der Waals surface area (Å²) in [6, 6.07) is 6.35. The zero-order chi connectivity index (χ0) is 13.0. The maximum atomic E-state index is 11.5. The maximum Gasteiger partial charge on any atom is 0.337 e. The van der Waals surface area contributed by atoms with E-state index < -0.39 is 0 Å². The van der Waals surface area contributed by atoms with Crippen LogP contribution in [-0.4, -0.2) is 25.7 Å². The van der Waals surface area contributed by atoms with Gasteiger partial charge < -0.3 is 15.4 Å². The summed E-state index contributed by atoms with van der Waals surface area (Å²) in [5, 5.41) is 5.51. The molecule has 0 bridgehead atoms. The van der Waals surface area contributed by atoms with Gasteiger partial charge in [-0.3, -0.25) is 0 Å². The Kier molecular flexibility index (Phi) is 3.82. The minimum atomic E-state index is -0.389. The van der Waals surface area contributed by atoms with Gasteiger partial charge in [0.15, 0.2) is 0 Å². The molecule has 0 radical (unpaired) electrons. The molecule has 1 fully saturated rings. The SMILES string of the molecule is COC(=O)c1ccc(NC(=O)NCC2CC2)cc1. The van der Waals surface area contributed by atoms with Crippen molar-refractivity contribution in [2.75, 3.05) is 19.0 Å². The first-order valence-electron chi connectivity index (χ1n) is 5.92. The molecule has 1 aliphatic rings. The van der Waals surface area contributed by atoms with Crippen LogP contribution in [0.1, 0.15) is 23.2 Å². The van der Waals surface area contributed by atoms with Gasteiger partial charge in [0.05, 0.1) is 12.7 Å². The number of benzene rings is 1. The highest BCUT2D eigenvalue weighted by molar-refractivity contribution is 5.92. The zero-order valence-electron chi connectivity index (χ0n) is 10.2. The van der Waals surface area contributed by atoms with E-state index in [0.717, 1.165) is 6.54 Å². The van der Waals surface area contributed by atoms with Crippen LogP contribution in [0.4, 0.5) is 10.5 Å². The molecule has 5 heteroatoms. The molecule has 0 aliphatic heterocycles. The van der Waals surface area contributed by atoms with Crippen LogP contribution in [0.15, 0.2) is 24.3 Å². The summed E-state index contributed by atoms with van der Waals surface area (Å²) in [5.41, 5.74) is 1.11. The summed E-state index contributed by atoms with van der Waals surface area (Å²) < 4.78 is 4.59. The molecule has 1 aromatic carbocycles. The molecule has 0 aromatic heterocycles. The number of anilines is 1. The van der Waals surface area contributed by atoms with E-state index in [1.54, 1.807) is 24.3 Å². The fourth-order valence-corrected chi connectivity index (χ4v) is 1.54. The average Bonchev–Trinajstić information content (AvgIpc) is 3.20. The van der Waals surface area contributed by atoms with Crippen molar-refractivity contribution in [3.63, 3.8) is 0 Å². The predicted octanol–water partition coefficient (Wildman–Crippen LogP) is 2.00. The van der Waals surface area contributed by atoms with E-state index in [1.165, 1.54) is 20.0 Å². The third kappa shape index (κ3) is 3.48. The van der Waals surface area contributed by atoms with Crippen LogP contribution in [0.2, 0.25) is 0 Å². The molecule has 0 atom stereocenters. The molecule has 2 amide bonds. The Hall–Kier alpha value is -2.04. The van der Waals surface area contributed by atoms with Gasteiger partial charge in [-0.15, -0.1) is 0 Å². The minimum absolute atomic E-state index is 0.215. The molecular weight excluding hydrogens is 232 g/mol. The van der Waals surface area contributed by atoms with Crippen LogP contribution in [0.5, 0.6) is 0 Å². The molecule has 0 spiro atoms. The van der Waals surface area contributed by atoms with E-state index in [2.05, 4.69) is 15.4 Å². The van der Waals surface area contributed by atoms with Gasteiger partial charge in [-0.1, -0.05) is 0 Å². The number of nitrogens with one attached hydrogen (secondary N) is 2. The number of urea groups is 1. The van der Waals surface area contributed by atoms with Crippen molar-refractivity contribution in [2.45, 2.75) is 12.8 Å². The summed E-state index contributed by atoms with van der Waals surface area (Å²) in [7, 11) is 1.33. The van der Waals surface area contributed by atoms with Gasteiger partial charge in [-0.25, -0.2) is 9.59 Å². The highest BCUT2D eigenvalue weighted by Gasteiger charge is 2.21. The Bertz CT molecular complexity index is 438. The molecule has 1 aromatic rings. The summed E-state index contributed by atoms with van der Waals surface area (Å²) in [6.07, 6.45) is 2.40. The zero-order valence-corrected chi connectivity index (χ0v) is 10.2. The number of rotatable bonds is 4. The molecular formula is C13H16N2O3. The van der Waals surface area contributed by atoms with Crippen LogP contribution in [0.25, 0.3) is 0 Å². The number of ether oxygens (including phenoxy) is 1. The lowest BCUT2D eigenvalue weighted by Crippen LogP contribution is -2.30. The minimum Gasteiger partial charge on any atom is -0.465 e. The molecule has 1 aliphatic carbocycles. The molecule has 18 heavy (non-hydrogen) atoms. The van der Waals surface area contributed by atoms with Gasteiger partial charge in [-0.05, 0) is 43.0 Å². The second-order valence-corrected chi connectivity index (χ2v) is 4.35. The van der Waals surface area contributed by atoms with Gasteiger partial charge in [0.25, 0.3) is 0 Å². The normalized spacial score (nSPS) is 13.8. The van der Waals surface area contributed by atoms with E-state index in [4.69, 9.17) is 0 Å². The molecule has 2 N–H and O–H groups in total. The number of methoxy groups -OCH3 is 1. The van der Waals surface area contributed by atoms with Gasteiger partial charge >= 0.3 is 12.0 Å². The van der Waals surface area contributed by atoms with Crippen molar-refractivity contribution in [3.05, 3.63) is 29.8 Å². The summed E-state index contributed by atoms with van der Waals surface area (Å²) in [4.78, 5) is 22.7. The standard InChI is InChI=1S/C13H16N2O3/c1-18-12(16)10-4-6-11(7-5-10)15-13(17)14-8-9-2-3-9/h4-7,9H,2-3,8H2,1H3,(H2,14,15,17). The van der Waals surface area contributed by atoms with Crippen molar-refractivity contribution < 1.29 is 14.3 Å². The first-order valence-corrected chi connectivity index (χ1v) is 5.92. The van der Waals surface area contributed by atoms with E-state index >= 15 is 0 Å². The van der Waals surface area contributed by atoms with Gasteiger partial charge in [0.1, 0.15) is 0 Å². The number of carbonyl (C=O) groups excluding carboxylic acids is 2. The molecule has 96 valence electrons. The van der Waals surface area contributed by atoms with Crippen molar-refractivity contribution in [1.29, 1.82) is 0 Å². The number of hydrogen-bond acceptors (Lipinski definition) is 3. The van der Waals surface area contributed by atoms with E-state index in [0.29, 0.717) is 17.2 Å². The molecule has 5 nitrogen and oxygen atoms in total. The first kappa shape index (κ1) is 12.4. The summed E-state index contributed by atoms with van der Waals surface area (Å²) >= 11 is 0. The lowest BCUT2D eigenvalue weighted by molar-refractivity contribution is 0.0601. The highest BCUT2D eigenvalue weighted by atomic mass is 16.5. The Morgan fingerprint density at radius 1 is 1.28 bits per heavy atom. The van der Waals surface area contributed by atoms with Crippen LogP contribution in [0.3, 0.4) is 0 Å². The van der Waals surface area contributed by atoms with Crippen LogP contribution < -0.4 is 10.6 Å². The van der Waals surface area contributed by atoms with E-state index in [-0.39, 0.29) is 12.0 Å². The Morgan fingerprint density at radius 2 is 1.94 bits per heavy atom. The van der Waals surface area contributed by atoms with Crippen molar-refractivity contribution in [1.82, 2.24) is 5.32 Å². The topological polar surface area (TPSA) is 67.4 Å². The van der Waals surface area contributed by atoms with Gasteiger partial charge in [0, 0.05) is 12.2 Å². The number of esters is 1. The van der Waals surface area contributed by atoms with Crippen molar-refractivity contribution in [3.8, 4) is 0 Å². The molecule has 1 saturated carbocycles. The van der Waals surface area contributed by atoms with Crippen LogP contribution in [0, 0.1) is 5.92 Å². The van der Waals surface area contributed by atoms with Gasteiger partial charge in [-0.2, -0.15) is 0 Å². The first-order chi connectivity index (χ1) is 8.69. The Labute approximate surface area is 106 Å². The van der Waals surface area contributed by atoms with Crippen molar-refractivity contribution in [2.24, 2.45) is 5.92 Å². The number of carbonyl (C=O) groups is 2. The smallest absolute Gasteiger partial charge is 0.337 e. The molecule has 0 saturated heterocycles. The highest BCUT2D eigenvalue weighted by Crippen LogP contribution is 2.27. The predicted molar refractivity (Wildman–Crippen MR) is 67.5 cm³/mol. The monoisotopic (exact) mass is 248 g/mol. The molecule has 0 unspecified atom stereocenters. The van der Waals surface area contributed by atoms with E-state index in [1.807, 2.05) is 0 Å². The van der Waals surface area contributed by atoms with Crippen LogP contribution in [-0.2, 0) is 4.74 Å². The summed E-state index contributed by atoms with van der Waals surface area (Å²) in [5.74, 6) is 0.261. The maximum absolute atomic E-state index is 11.5.